The molecule has 0 N–H and O–H groups in total. The number of halogens is 2. The number of amides is 2. The van der Waals surface area contributed by atoms with Crippen molar-refractivity contribution in [1.82, 2.24) is 9.80 Å². The number of carbonyl (C=O) groups excluding carboxylic acids is 1. The first-order chi connectivity index (χ1) is 11.7. The molecule has 3 rings (SSSR count). The number of urea groups is 1. The minimum Gasteiger partial charge on any atom is -0.321 e. The van der Waals surface area contributed by atoms with Gasteiger partial charge in [0.2, 0.25) is 5.67 Å². The number of nitrogens with zero attached hydrogens (tertiary/aromatic N) is 3. The number of alkyl halides is 1. The second kappa shape index (κ2) is 5.99. The molecule has 0 spiro atoms. The lowest BCUT2D eigenvalue weighted by molar-refractivity contribution is 0.183. The average molecular weight is 343 g/mol. The molecule has 2 unspecified atom stereocenters. The molecule has 2 amide bonds. The number of aliphatic imine (C=N–C) groups is 1. The molecule has 0 radical (unpaired) electrons. The summed E-state index contributed by atoms with van der Waals surface area (Å²) in [5, 5.41) is 0. The van der Waals surface area contributed by atoms with Crippen molar-refractivity contribution in [2.75, 3.05) is 13.6 Å². The molecule has 0 aromatic heterocycles. The second-order valence-electron chi connectivity index (χ2n) is 6.86. The van der Waals surface area contributed by atoms with Gasteiger partial charge in [-0.05, 0) is 56.2 Å². The summed E-state index contributed by atoms with van der Waals surface area (Å²) in [6, 6.07) is 5.37. The van der Waals surface area contributed by atoms with E-state index in [1.807, 2.05) is 13.8 Å². The number of benzene rings is 1. The molecule has 1 saturated heterocycles. The number of rotatable bonds is 1. The summed E-state index contributed by atoms with van der Waals surface area (Å²) in [4.78, 5) is 19.7. The molecule has 0 saturated carbocycles. The van der Waals surface area contributed by atoms with Crippen molar-refractivity contribution in [2.24, 2.45) is 4.99 Å². The van der Waals surface area contributed by atoms with E-state index in [1.165, 1.54) is 30.3 Å². The molecule has 0 bridgehead atoms. The molecule has 130 valence electrons. The van der Waals surface area contributed by atoms with Crippen LogP contribution in [0.25, 0.3) is 0 Å². The third kappa shape index (κ3) is 3.41. The van der Waals surface area contributed by atoms with Crippen LogP contribution in [0.15, 0.2) is 41.4 Å². The summed E-state index contributed by atoms with van der Waals surface area (Å²) < 4.78 is 27.6. The van der Waals surface area contributed by atoms with Crippen LogP contribution in [0.1, 0.15) is 19.4 Å². The third-order valence-corrected chi connectivity index (χ3v) is 4.49. The second-order valence-corrected chi connectivity index (χ2v) is 6.86. The summed E-state index contributed by atoms with van der Waals surface area (Å²) in [5.41, 5.74) is -1.79. The van der Waals surface area contributed by atoms with Crippen LogP contribution in [-0.4, -0.2) is 53.0 Å². The Kier molecular flexibility index (Phi) is 4.11. The van der Waals surface area contributed by atoms with Crippen molar-refractivity contribution in [2.45, 2.75) is 31.2 Å². The monoisotopic (exact) mass is 343 g/mol. The number of hydrogen-bond donors (Lipinski definition) is 0. The van der Waals surface area contributed by atoms with E-state index in [0.29, 0.717) is 12.1 Å². The van der Waals surface area contributed by atoms with Gasteiger partial charge in [-0.3, -0.25) is 9.89 Å². The largest absolute Gasteiger partial charge is 0.322 e. The van der Waals surface area contributed by atoms with Gasteiger partial charge in [0, 0.05) is 19.2 Å². The normalized spacial score (nSPS) is 27.4. The average Bonchev–Trinajstić information content (AvgIpc) is 2.78. The maximum atomic E-state index is 14.7. The van der Waals surface area contributed by atoms with Crippen molar-refractivity contribution < 1.29 is 13.6 Å². The minimum absolute atomic E-state index is 0.138. The van der Waals surface area contributed by atoms with Gasteiger partial charge in [0.15, 0.2) is 0 Å². The highest BCUT2D eigenvalue weighted by molar-refractivity contribution is 5.81. The molecule has 1 aromatic carbocycles. The lowest BCUT2D eigenvalue weighted by Crippen LogP contribution is -2.39. The van der Waals surface area contributed by atoms with E-state index in [-0.39, 0.29) is 17.4 Å². The first kappa shape index (κ1) is 17.2. The fourth-order valence-electron chi connectivity index (χ4n) is 2.71. The van der Waals surface area contributed by atoms with Gasteiger partial charge in [0.25, 0.3) is 0 Å². The third-order valence-electron chi connectivity index (χ3n) is 4.49. The minimum atomic E-state index is -2.00. The van der Waals surface area contributed by atoms with Crippen molar-refractivity contribution >= 4 is 12.2 Å². The van der Waals surface area contributed by atoms with E-state index in [0.717, 1.165) is 6.21 Å². The lowest BCUT2D eigenvalue weighted by atomic mass is 10.0. The SMILES string of the molecule is CN1C(=O)N(C2C=CC(F)(C#Cc3ccc(F)cc3)C=N2)CC1(C)C. The van der Waals surface area contributed by atoms with Crippen molar-refractivity contribution in [3.63, 3.8) is 0 Å². The first-order valence-corrected chi connectivity index (χ1v) is 7.96. The highest BCUT2D eigenvalue weighted by Crippen LogP contribution is 2.28. The Labute approximate surface area is 145 Å². The zero-order valence-corrected chi connectivity index (χ0v) is 14.3. The topological polar surface area (TPSA) is 35.9 Å². The summed E-state index contributed by atoms with van der Waals surface area (Å²) in [5.74, 6) is 4.79. The molecule has 2 aliphatic heterocycles. The van der Waals surface area contributed by atoms with E-state index >= 15 is 0 Å². The molecule has 6 heteroatoms. The van der Waals surface area contributed by atoms with E-state index in [2.05, 4.69) is 16.8 Å². The van der Waals surface area contributed by atoms with Gasteiger partial charge in [0.1, 0.15) is 12.0 Å². The van der Waals surface area contributed by atoms with E-state index in [1.54, 1.807) is 22.9 Å². The van der Waals surface area contributed by atoms with Crippen LogP contribution in [0.4, 0.5) is 13.6 Å². The summed E-state index contributed by atoms with van der Waals surface area (Å²) >= 11 is 0. The van der Waals surface area contributed by atoms with Gasteiger partial charge in [-0.2, -0.15) is 0 Å². The first-order valence-electron chi connectivity index (χ1n) is 7.96. The van der Waals surface area contributed by atoms with E-state index < -0.39 is 11.8 Å². The molecule has 1 aromatic rings. The summed E-state index contributed by atoms with van der Waals surface area (Å²) in [7, 11) is 1.74. The maximum Gasteiger partial charge on any atom is 0.322 e. The van der Waals surface area contributed by atoms with Gasteiger partial charge in [-0.1, -0.05) is 5.92 Å². The van der Waals surface area contributed by atoms with Crippen LogP contribution >= 0.6 is 0 Å². The predicted octanol–water partition coefficient (Wildman–Crippen LogP) is 3.00. The Morgan fingerprint density at radius 3 is 2.48 bits per heavy atom. The highest BCUT2D eigenvalue weighted by atomic mass is 19.1. The molecule has 0 aliphatic carbocycles. The van der Waals surface area contributed by atoms with Gasteiger partial charge in [-0.25, -0.2) is 13.6 Å². The molecular formula is C19H19F2N3O. The molecule has 4 nitrogen and oxygen atoms in total. The Hall–Kier alpha value is -2.68. The molecule has 25 heavy (non-hydrogen) atoms. The Morgan fingerprint density at radius 2 is 1.96 bits per heavy atom. The lowest BCUT2D eigenvalue weighted by Gasteiger charge is -2.25. The van der Waals surface area contributed by atoms with Crippen LogP contribution in [0.5, 0.6) is 0 Å². The van der Waals surface area contributed by atoms with Crippen LogP contribution in [0, 0.1) is 17.7 Å². The molecular weight excluding hydrogens is 324 g/mol. The molecule has 2 atom stereocenters. The van der Waals surface area contributed by atoms with Crippen LogP contribution in [0.3, 0.4) is 0 Å². The summed E-state index contributed by atoms with van der Waals surface area (Å²) in [6.07, 6.45) is 3.44. The molecule has 2 heterocycles. The van der Waals surface area contributed by atoms with Crippen LogP contribution < -0.4 is 0 Å². The van der Waals surface area contributed by atoms with Crippen molar-refractivity contribution in [1.29, 1.82) is 0 Å². The van der Waals surface area contributed by atoms with Crippen molar-refractivity contribution in [3.8, 4) is 11.8 Å². The fraction of sp³-hybridized carbons (Fsp3) is 0.368. The zero-order chi connectivity index (χ0) is 18.2. The van der Waals surface area contributed by atoms with Gasteiger partial charge in [-0.15, -0.1) is 0 Å². The van der Waals surface area contributed by atoms with Gasteiger partial charge in [0.05, 0.1) is 11.8 Å². The van der Waals surface area contributed by atoms with E-state index in [4.69, 9.17) is 0 Å². The number of carbonyl (C=O) groups is 1. The maximum absolute atomic E-state index is 14.7. The Balaban J connectivity index is 1.74. The fourth-order valence-corrected chi connectivity index (χ4v) is 2.71. The smallest absolute Gasteiger partial charge is 0.321 e. The predicted molar refractivity (Wildman–Crippen MR) is 92.5 cm³/mol. The van der Waals surface area contributed by atoms with Gasteiger partial charge >= 0.3 is 6.03 Å². The van der Waals surface area contributed by atoms with Crippen LogP contribution in [0.2, 0.25) is 0 Å². The zero-order valence-electron chi connectivity index (χ0n) is 14.3. The van der Waals surface area contributed by atoms with Gasteiger partial charge < -0.3 is 4.90 Å². The Morgan fingerprint density at radius 1 is 1.28 bits per heavy atom. The van der Waals surface area contributed by atoms with Crippen molar-refractivity contribution in [3.05, 3.63) is 47.8 Å². The number of dihydropyridines is 1. The molecule has 2 aliphatic rings. The van der Waals surface area contributed by atoms with E-state index in [9.17, 15) is 13.6 Å². The number of allylic oxidation sites excluding steroid dienone is 1. The number of hydrogen-bond acceptors (Lipinski definition) is 2. The molecule has 1 fully saturated rings. The number of likely N-dealkylation sites (N-methyl/N-ethyl adjacent to an activating group) is 1. The Bertz CT molecular complexity index is 788. The highest BCUT2D eigenvalue weighted by Gasteiger charge is 2.43. The quantitative estimate of drug-likeness (QED) is 0.570. The standard InChI is InChI=1S/C19H19F2N3O/c1-18(2)13-24(17(25)23(18)3)16-9-11-19(21,12-22-16)10-8-14-4-6-15(20)7-5-14/h4-7,9,11-12,16H,13H2,1-3H3. The van der Waals surface area contributed by atoms with Crippen LogP contribution in [-0.2, 0) is 0 Å². The summed E-state index contributed by atoms with van der Waals surface area (Å²) in [6.45, 7) is 4.44.